The molecule has 1 saturated heterocycles. The summed E-state index contributed by atoms with van der Waals surface area (Å²) in [6, 6.07) is 13.5. The van der Waals surface area contributed by atoms with Crippen LogP contribution in [0.5, 0.6) is 5.75 Å². The van der Waals surface area contributed by atoms with Crippen LogP contribution in [0.25, 0.3) is 0 Å². The summed E-state index contributed by atoms with van der Waals surface area (Å²) in [6.07, 6.45) is 0.175. The van der Waals surface area contributed by atoms with Crippen LogP contribution in [0.15, 0.2) is 42.5 Å². The van der Waals surface area contributed by atoms with Gasteiger partial charge in [0.2, 0.25) is 0 Å². The van der Waals surface area contributed by atoms with Gasteiger partial charge in [-0.15, -0.1) is 0 Å². The van der Waals surface area contributed by atoms with E-state index in [-0.39, 0.29) is 11.9 Å². The first-order valence-corrected chi connectivity index (χ1v) is 9.19. The van der Waals surface area contributed by atoms with Crippen LogP contribution in [-0.2, 0) is 17.8 Å². The highest BCUT2D eigenvalue weighted by atomic mass is 19.1. The predicted octanol–water partition coefficient (Wildman–Crippen LogP) is 3.74. The van der Waals surface area contributed by atoms with Gasteiger partial charge < -0.3 is 19.7 Å². The molecule has 0 amide bonds. The van der Waals surface area contributed by atoms with Gasteiger partial charge in [0.1, 0.15) is 11.6 Å². The molecule has 4 nitrogen and oxygen atoms in total. The molecule has 5 heteroatoms. The maximum atomic E-state index is 14.4. The van der Waals surface area contributed by atoms with Crippen molar-refractivity contribution < 1.29 is 13.9 Å². The van der Waals surface area contributed by atoms with Crippen LogP contribution in [0.1, 0.15) is 25.0 Å². The summed E-state index contributed by atoms with van der Waals surface area (Å²) in [7, 11) is 0. The van der Waals surface area contributed by atoms with Gasteiger partial charge in [0.15, 0.2) is 0 Å². The lowest BCUT2D eigenvalue weighted by Gasteiger charge is -2.29. The molecule has 1 fully saturated rings. The number of halogens is 1. The third kappa shape index (κ3) is 5.19. The Labute approximate surface area is 154 Å². The molecular formula is C21H27FN2O2. The lowest BCUT2D eigenvalue weighted by Crippen LogP contribution is -2.36. The van der Waals surface area contributed by atoms with Crippen molar-refractivity contribution in [3.63, 3.8) is 0 Å². The first-order chi connectivity index (χ1) is 12.6. The topological polar surface area (TPSA) is 33.7 Å². The normalized spacial score (nSPS) is 14.7. The average molecular weight is 358 g/mol. The van der Waals surface area contributed by atoms with Crippen LogP contribution >= 0.6 is 0 Å². The second-order valence-electron chi connectivity index (χ2n) is 6.80. The van der Waals surface area contributed by atoms with E-state index in [4.69, 9.17) is 9.47 Å². The molecule has 1 heterocycles. The van der Waals surface area contributed by atoms with Gasteiger partial charge in [-0.05, 0) is 49.2 Å². The van der Waals surface area contributed by atoms with E-state index in [0.29, 0.717) is 25.4 Å². The molecule has 0 bridgehead atoms. The number of hydrogen-bond acceptors (Lipinski definition) is 4. The summed E-state index contributed by atoms with van der Waals surface area (Å²) in [6.45, 7) is 8.18. The number of benzene rings is 2. The van der Waals surface area contributed by atoms with Crippen molar-refractivity contribution in [3.05, 3.63) is 59.4 Å². The number of nitrogens with zero attached hydrogens (tertiary/aromatic N) is 1. The first-order valence-electron chi connectivity index (χ1n) is 9.19. The molecule has 26 heavy (non-hydrogen) atoms. The summed E-state index contributed by atoms with van der Waals surface area (Å²) in [5.74, 6) is 0.714. The van der Waals surface area contributed by atoms with Crippen molar-refractivity contribution in [3.8, 4) is 5.75 Å². The molecule has 2 aromatic rings. The van der Waals surface area contributed by atoms with Crippen LogP contribution in [-0.4, -0.2) is 32.4 Å². The summed E-state index contributed by atoms with van der Waals surface area (Å²) in [5, 5.41) is 3.36. The van der Waals surface area contributed by atoms with E-state index in [1.165, 1.54) is 5.56 Å². The second kappa shape index (κ2) is 9.01. The Morgan fingerprint density at radius 1 is 1.04 bits per heavy atom. The zero-order valence-electron chi connectivity index (χ0n) is 15.5. The summed E-state index contributed by atoms with van der Waals surface area (Å²) in [4.78, 5) is 2.04. The molecule has 2 aromatic carbocycles. The van der Waals surface area contributed by atoms with E-state index < -0.39 is 0 Å². The molecule has 1 aliphatic heterocycles. The summed E-state index contributed by atoms with van der Waals surface area (Å²) in [5.41, 5.74) is 2.78. The Balaban J connectivity index is 1.51. The summed E-state index contributed by atoms with van der Waals surface area (Å²) < 4.78 is 25.4. The van der Waals surface area contributed by atoms with Crippen LogP contribution in [0.3, 0.4) is 0 Å². The third-order valence-corrected chi connectivity index (χ3v) is 4.32. The fourth-order valence-corrected chi connectivity index (χ4v) is 3.03. The Hall–Kier alpha value is -2.11. The average Bonchev–Trinajstić information content (AvgIpc) is 2.64. The molecular weight excluding hydrogens is 331 g/mol. The minimum absolute atomic E-state index is 0.165. The number of rotatable bonds is 7. The van der Waals surface area contributed by atoms with Gasteiger partial charge in [-0.2, -0.15) is 0 Å². The lowest BCUT2D eigenvalue weighted by atomic mass is 10.1. The number of morpholine rings is 1. The molecule has 0 aromatic heterocycles. The van der Waals surface area contributed by atoms with Crippen LogP contribution in [0, 0.1) is 5.82 Å². The zero-order valence-corrected chi connectivity index (χ0v) is 15.5. The number of nitrogens with one attached hydrogen (secondary N) is 1. The molecule has 0 unspecified atom stereocenters. The van der Waals surface area contributed by atoms with Gasteiger partial charge >= 0.3 is 0 Å². The minimum atomic E-state index is -0.165. The second-order valence-corrected chi connectivity index (χ2v) is 6.80. The van der Waals surface area contributed by atoms with Crippen molar-refractivity contribution in [1.82, 2.24) is 5.32 Å². The fraction of sp³-hybridized carbons (Fsp3) is 0.429. The van der Waals surface area contributed by atoms with Gasteiger partial charge in [0.05, 0.1) is 25.0 Å². The molecule has 140 valence electrons. The van der Waals surface area contributed by atoms with Gasteiger partial charge in [0.25, 0.3) is 0 Å². The van der Waals surface area contributed by atoms with Crippen LogP contribution in [0.4, 0.5) is 10.1 Å². The van der Waals surface area contributed by atoms with E-state index in [1.807, 2.05) is 55.1 Å². The minimum Gasteiger partial charge on any atom is -0.491 e. The lowest BCUT2D eigenvalue weighted by molar-refractivity contribution is 0.122. The molecule has 3 rings (SSSR count). The van der Waals surface area contributed by atoms with Crippen molar-refractivity contribution in [2.45, 2.75) is 33.0 Å². The Morgan fingerprint density at radius 3 is 2.35 bits per heavy atom. The van der Waals surface area contributed by atoms with E-state index in [9.17, 15) is 4.39 Å². The highest BCUT2D eigenvalue weighted by molar-refractivity contribution is 5.49. The van der Waals surface area contributed by atoms with E-state index in [1.54, 1.807) is 6.07 Å². The molecule has 0 atom stereocenters. The monoisotopic (exact) mass is 358 g/mol. The smallest absolute Gasteiger partial charge is 0.146 e. The molecule has 0 spiro atoms. The van der Waals surface area contributed by atoms with Crippen LogP contribution in [0.2, 0.25) is 0 Å². The third-order valence-electron chi connectivity index (χ3n) is 4.32. The van der Waals surface area contributed by atoms with Gasteiger partial charge in [0, 0.05) is 26.2 Å². The Kier molecular flexibility index (Phi) is 6.47. The van der Waals surface area contributed by atoms with Gasteiger partial charge in [-0.25, -0.2) is 4.39 Å². The van der Waals surface area contributed by atoms with Gasteiger partial charge in [-0.1, -0.05) is 18.2 Å². The highest BCUT2D eigenvalue weighted by Gasteiger charge is 2.15. The first kappa shape index (κ1) is 18.7. The predicted molar refractivity (Wildman–Crippen MR) is 102 cm³/mol. The van der Waals surface area contributed by atoms with Crippen molar-refractivity contribution >= 4 is 5.69 Å². The quantitative estimate of drug-likeness (QED) is 0.818. The van der Waals surface area contributed by atoms with Crippen molar-refractivity contribution in [2.24, 2.45) is 0 Å². The zero-order chi connectivity index (χ0) is 18.4. The van der Waals surface area contributed by atoms with E-state index >= 15 is 0 Å². The number of anilines is 1. The molecule has 0 aliphatic carbocycles. The maximum Gasteiger partial charge on any atom is 0.146 e. The SMILES string of the molecule is CC(C)Oc1ccc(CNCc2ccc(N3CCOCC3)c(F)c2)cc1. The molecule has 1 N–H and O–H groups in total. The largest absolute Gasteiger partial charge is 0.491 e. The Bertz CT molecular complexity index is 698. The van der Waals surface area contributed by atoms with Crippen LogP contribution < -0.4 is 15.0 Å². The van der Waals surface area contributed by atoms with E-state index in [0.717, 1.165) is 30.9 Å². The summed E-state index contributed by atoms with van der Waals surface area (Å²) >= 11 is 0. The van der Waals surface area contributed by atoms with Gasteiger partial charge in [-0.3, -0.25) is 0 Å². The molecule has 0 saturated carbocycles. The fourth-order valence-electron chi connectivity index (χ4n) is 3.03. The van der Waals surface area contributed by atoms with Crippen molar-refractivity contribution in [1.29, 1.82) is 0 Å². The number of hydrogen-bond donors (Lipinski definition) is 1. The standard InChI is InChI=1S/C21H27FN2O2/c1-16(2)26-19-6-3-17(4-7-19)14-23-15-18-5-8-21(20(22)13-18)24-9-11-25-12-10-24/h3-8,13,16,23H,9-12,14-15H2,1-2H3. The highest BCUT2D eigenvalue weighted by Crippen LogP contribution is 2.21. The Morgan fingerprint density at radius 2 is 1.69 bits per heavy atom. The maximum absolute atomic E-state index is 14.4. The van der Waals surface area contributed by atoms with E-state index in [2.05, 4.69) is 5.32 Å². The molecule has 0 radical (unpaired) electrons. The molecule has 1 aliphatic rings. The van der Waals surface area contributed by atoms with Crippen molar-refractivity contribution in [2.75, 3.05) is 31.2 Å². The number of ether oxygens (including phenoxy) is 2.